The number of nitrogens with one attached hydrogen (secondary N) is 2. The van der Waals surface area contributed by atoms with Crippen molar-refractivity contribution in [2.45, 2.75) is 38.7 Å². The third-order valence-corrected chi connectivity index (χ3v) is 3.28. The maximum atomic E-state index is 11.9. The highest BCUT2D eigenvalue weighted by atomic mass is 16.5. The molecule has 1 aromatic heterocycles. The maximum Gasteiger partial charge on any atom is 0.271 e. The fourth-order valence-electron chi connectivity index (χ4n) is 2.20. The molecule has 1 atom stereocenters. The second kappa shape index (κ2) is 7.79. The number of rotatable bonds is 6. The average Bonchev–Trinajstić information content (AvgIpc) is 2.49. The van der Waals surface area contributed by atoms with E-state index in [9.17, 15) is 4.79 Å². The minimum atomic E-state index is -0.184. The summed E-state index contributed by atoms with van der Waals surface area (Å²) in [5.41, 5.74) is 0.344. The summed E-state index contributed by atoms with van der Waals surface area (Å²) in [7, 11) is 0. The molecule has 1 fully saturated rings. The molecule has 2 heterocycles. The van der Waals surface area contributed by atoms with Crippen molar-refractivity contribution in [3.05, 3.63) is 17.8 Å². The van der Waals surface area contributed by atoms with Crippen LogP contribution in [0.3, 0.4) is 0 Å². The van der Waals surface area contributed by atoms with Crippen LogP contribution in [0.4, 0.5) is 5.82 Å². The normalized spacial score (nSPS) is 18.6. The van der Waals surface area contributed by atoms with Crippen molar-refractivity contribution in [1.29, 1.82) is 0 Å². The van der Waals surface area contributed by atoms with E-state index >= 15 is 0 Å². The molecule has 1 unspecified atom stereocenters. The maximum absolute atomic E-state index is 11.9. The van der Waals surface area contributed by atoms with Crippen molar-refractivity contribution in [2.75, 3.05) is 25.0 Å². The number of ether oxygens (including phenoxy) is 1. The van der Waals surface area contributed by atoms with Gasteiger partial charge in [0.1, 0.15) is 5.82 Å². The van der Waals surface area contributed by atoms with Gasteiger partial charge in [0, 0.05) is 19.7 Å². The Hall–Kier alpha value is -1.69. The third-order valence-electron chi connectivity index (χ3n) is 3.28. The highest BCUT2D eigenvalue weighted by Crippen LogP contribution is 2.14. The molecule has 0 bridgehead atoms. The molecule has 20 heavy (non-hydrogen) atoms. The molecular weight excluding hydrogens is 256 g/mol. The predicted octanol–water partition coefficient (Wildman–Crippen LogP) is 1.60. The average molecular weight is 278 g/mol. The number of aromatic nitrogens is 2. The summed E-state index contributed by atoms with van der Waals surface area (Å²) in [6, 6.07) is 3.44. The molecule has 0 spiro atoms. The van der Waals surface area contributed by atoms with Gasteiger partial charge in [-0.3, -0.25) is 4.79 Å². The summed E-state index contributed by atoms with van der Waals surface area (Å²) in [5, 5.41) is 13.7. The number of hydrogen-bond acceptors (Lipinski definition) is 5. The van der Waals surface area contributed by atoms with Gasteiger partial charge < -0.3 is 15.4 Å². The number of carbonyl (C=O) groups is 1. The van der Waals surface area contributed by atoms with Crippen LogP contribution in [0.25, 0.3) is 0 Å². The minimum absolute atomic E-state index is 0.184. The van der Waals surface area contributed by atoms with Crippen LogP contribution in [0, 0.1) is 0 Å². The van der Waals surface area contributed by atoms with Crippen molar-refractivity contribution >= 4 is 11.7 Å². The lowest BCUT2D eigenvalue weighted by Crippen LogP contribution is -2.30. The summed E-state index contributed by atoms with van der Waals surface area (Å²) < 4.78 is 5.62. The van der Waals surface area contributed by atoms with E-state index in [0.717, 1.165) is 32.4 Å². The van der Waals surface area contributed by atoms with Crippen molar-refractivity contribution < 1.29 is 9.53 Å². The van der Waals surface area contributed by atoms with Gasteiger partial charge in [0.15, 0.2) is 5.69 Å². The van der Waals surface area contributed by atoms with Crippen molar-refractivity contribution in [3.63, 3.8) is 0 Å². The number of nitrogens with zero attached hydrogens (tertiary/aromatic N) is 2. The predicted molar refractivity (Wildman–Crippen MR) is 76.7 cm³/mol. The van der Waals surface area contributed by atoms with Crippen LogP contribution >= 0.6 is 0 Å². The van der Waals surface area contributed by atoms with Gasteiger partial charge in [-0.2, -0.15) is 0 Å². The van der Waals surface area contributed by atoms with Crippen molar-refractivity contribution in [1.82, 2.24) is 15.5 Å². The van der Waals surface area contributed by atoms with E-state index in [1.165, 1.54) is 6.42 Å². The topological polar surface area (TPSA) is 76.1 Å². The molecule has 2 rings (SSSR count). The summed E-state index contributed by atoms with van der Waals surface area (Å²) in [6.07, 6.45) is 4.60. The Labute approximate surface area is 119 Å². The second-order valence-electron chi connectivity index (χ2n) is 4.87. The Morgan fingerprint density at radius 2 is 2.30 bits per heavy atom. The fourth-order valence-corrected chi connectivity index (χ4v) is 2.20. The first-order valence-electron chi connectivity index (χ1n) is 7.27. The summed E-state index contributed by atoms with van der Waals surface area (Å²) in [6.45, 7) is 4.22. The summed E-state index contributed by atoms with van der Waals surface area (Å²) in [4.78, 5) is 11.9. The standard InChI is InChI=1S/C14H22N4O2/c1-2-15-13-7-6-12(17-18-13)14(19)16-9-8-11-5-3-4-10-20-11/h6-7,11H,2-5,8-10H2,1H3,(H,15,18)(H,16,19). The molecule has 2 N–H and O–H groups in total. The molecule has 6 heteroatoms. The van der Waals surface area contributed by atoms with Gasteiger partial charge in [-0.05, 0) is 44.7 Å². The van der Waals surface area contributed by atoms with Crippen LogP contribution in [-0.4, -0.2) is 41.9 Å². The van der Waals surface area contributed by atoms with Gasteiger partial charge in [-0.25, -0.2) is 0 Å². The molecule has 6 nitrogen and oxygen atoms in total. The Kier molecular flexibility index (Phi) is 5.73. The summed E-state index contributed by atoms with van der Waals surface area (Å²) in [5.74, 6) is 0.496. The van der Waals surface area contributed by atoms with E-state index in [4.69, 9.17) is 4.74 Å². The van der Waals surface area contributed by atoms with E-state index in [-0.39, 0.29) is 12.0 Å². The lowest BCUT2D eigenvalue weighted by Gasteiger charge is -2.22. The molecular formula is C14H22N4O2. The lowest BCUT2D eigenvalue weighted by molar-refractivity contribution is 0.0117. The van der Waals surface area contributed by atoms with Crippen LogP contribution < -0.4 is 10.6 Å². The van der Waals surface area contributed by atoms with Gasteiger partial charge in [0.2, 0.25) is 0 Å². The van der Waals surface area contributed by atoms with Gasteiger partial charge in [0.25, 0.3) is 5.91 Å². The molecule has 0 aliphatic carbocycles. The lowest BCUT2D eigenvalue weighted by atomic mass is 10.1. The first kappa shape index (κ1) is 14.7. The zero-order valence-electron chi connectivity index (χ0n) is 11.9. The monoisotopic (exact) mass is 278 g/mol. The number of carbonyl (C=O) groups excluding carboxylic acids is 1. The highest BCUT2D eigenvalue weighted by molar-refractivity contribution is 5.92. The molecule has 1 aliphatic heterocycles. The van der Waals surface area contributed by atoms with E-state index in [2.05, 4.69) is 20.8 Å². The van der Waals surface area contributed by atoms with Crippen LogP contribution in [0.2, 0.25) is 0 Å². The van der Waals surface area contributed by atoms with E-state index in [0.29, 0.717) is 18.1 Å². The van der Waals surface area contributed by atoms with Crippen LogP contribution in [0.15, 0.2) is 12.1 Å². The molecule has 1 saturated heterocycles. The smallest absolute Gasteiger partial charge is 0.271 e. The van der Waals surface area contributed by atoms with Gasteiger partial charge in [-0.1, -0.05) is 0 Å². The van der Waals surface area contributed by atoms with Crippen molar-refractivity contribution in [3.8, 4) is 0 Å². The molecule has 1 aromatic rings. The Morgan fingerprint density at radius 1 is 1.40 bits per heavy atom. The van der Waals surface area contributed by atoms with Gasteiger partial charge in [0.05, 0.1) is 6.10 Å². The quantitative estimate of drug-likeness (QED) is 0.826. The minimum Gasteiger partial charge on any atom is -0.378 e. The fraction of sp³-hybridized carbons (Fsp3) is 0.643. The largest absolute Gasteiger partial charge is 0.378 e. The number of anilines is 1. The zero-order chi connectivity index (χ0) is 14.2. The highest BCUT2D eigenvalue weighted by Gasteiger charge is 2.14. The third kappa shape index (κ3) is 4.45. The molecule has 1 aliphatic rings. The van der Waals surface area contributed by atoms with Crippen LogP contribution in [0.5, 0.6) is 0 Å². The number of hydrogen-bond donors (Lipinski definition) is 2. The molecule has 1 amide bonds. The van der Waals surface area contributed by atoms with E-state index < -0.39 is 0 Å². The van der Waals surface area contributed by atoms with Crippen LogP contribution in [0.1, 0.15) is 43.1 Å². The molecule has 110 valence electrons. The first-order chi connectivity index (χ1) is 9.79. The van der Waals surface area contributed by atoms with Crippen molar-refractivity contribution in [2.24, 2.45) is 0 Å². The summed E-state index contributed by atoms with van der Waals surface area (Å²) >= 11 is 0. The molecule has 0 aromatic carbocycles. The number of amides is 1. The zero-order valence-corrected chi connectivity index (χ0v) is 11.9. The Morgan fingerprint density at radius 3 is 2.95 bits per heavy atom. The van der Waals surface area contributed by atoms with Gasteiger partial charge >= 0.3 is 0 Å². The Balaban J connectivity index is 1.73. The SMILES string of the molecule is CCNc1ccc(C(=O)NCCC2CCCCO2)nn1. The molecule has 0 radical (unpaired) electrons. The van der Waals surface area contributed by atoms with Crippen LogP contribution in [-0.2, 0) is 4.74 Å². The second-order valence-corrected chi connectivity index (χ2v) is 4.87. The van der Waals surface area contributed by atoms with E-state index in [1.54, 1.807) is 12.1 Å². The van der Waals surface area contributed by atoms with Gasteiger partial charge in [-0.15, -0.1) is 10.2 Å². The first-order valence-corrected chi connectivity index (χ1v) is 7.27. The molecule has 0 saturated carbocycles. The Bertz CT molecular complexity index is 416. The van der Waals surface area contributed by atoms with E-state index in [1.807, 2.05) is 6.92 Å².